The minimum absolute atomic E-state index is 0.105. The summed E-state index contributed by atoms with van der Waals surface area (Å²) in [6.45, 7) is 11.1. The van der Waals surface area contributed by atoms with E-state index in [1.807, 2.05) is 17.5 Å². The Morgan fingerprint density at radius 1 is 1.26 bits per heavy atom. The molecular weight excluding hydrogens is 356 g/mol. The average molecular weight is 387 g/mol. The number of aromatic nitrogens is 1. The van der Waals surface area contributed by atoms with E-state index in [4.69, 9.17) is 0 Å². The summed E-state index contributed by atoms with van der Waals surface area (Å²) in [5.41, 5.74) is 0. The first-order valence-electron chi connectivity index (χ1n) is 10.3. The van der Waals surface area contributed by atoms with Gasteiger partial charge in [-0.2, -0.15) is 0 Å². The molecule has 6 heteroatoms. The van der Waals surface area contributed by atoms with E-state index in [1.165, 1.54) is 21.4 Å². The monoisotopic (exact) mass is 386 g/mol. The van der Waals surface area contributed by atoms with E-state index >= 15 is 0 Å². The molecule has 4 rings (SSSR count). The number of anilines is 1. The largest absolute Gasteiger partial charge is 0.355 e. The number of piperidine rings is 1. The van der Waals surface area contributed by atoms with Crippen molar-refractivity contribution in [3.63, 3.8) is 0 Å². The number of pyridine rings is 1. The van der Waals surface area contributed by atoms with E-state index in [0.29, 0.717) is 5.91 Å². The topological polar surface area (TPSA) is 39.7 Å². The Hall–Kier alpha value is -1.66. The van der Waals surface area contributed by atoms with Crippen molar-refractivity contribution < 1.29 is 4.79 Å². The molecule has 0 bridgehead atoms. The van der Waals surface area contributed by atoms with Crippen LogP contribution >= 0.6 is 11.3 Å². The molecule has 1 amide bonds. The van der Waals surface area contributed by atoms with Crippen LogP contribution in [0, 0.1) is 12.8 Å². The number of piperazine rings is 1. The van der Waals surface area contributed by atoms with Gasteiger partial charge < -0.3 is 9.80 Å². The molecule has 4 heterocycles. The Balaban J connectivity index is 1.44. The minimum Gasteiger partial charge on any atom is -0.355 e. The number of thiophene rings is 1. The van der Waals surface area contributed by atoms with Crippen LogP contribution in [0.2, 0.25) is 0 Å². The highest BCUT2D eigenvalue weighted by molar-refractivity contribution is 7.19. The molecule has 146 valence electrons. The molecule has 0 radical (unpaired) electrons. The van der Waals surface area contributed by atoms with Crippen molar-refractivity contribution in [3.8, 4) is 0 Å². The fourth-order valence-electron chi connectivity index (χ4n) is 4.47. The third kappa shape index (κ3) is 3.97. The first-order valence-corrected chi connectivity index (χ1v) is 11.1. The Kier molecular flexibility index (Phi) is 5.64. The summed E-state index contributed by atoms with van der Waals surface area (Å²) < 4.78 is 1.29. The first-order chi connectivity index (χ1) is 13.2. The molecule has 5 nitrogen and oxygen atoms in total. The number of hydrogen-bond donors (Lipinski definition) is 0. The predicted molar refractivity (Wildman–Crippen MR) is 113 cm³/mol. The third-order valence-corrected chi connectivity index (χ3v) is 6.86. The minimum atomic E-state index is 0.105. The van der Waals surface area contributed by atoms with Crippen molar-refractivity contribution in [1.29, 1.82) is 0 Å². The molecule has 2 aromatic rings. The molecule has 2 fully saturated rings. The number of aryl methyl sites for hydroxylation is 1. The standard InChI is InChI=1S/C21H30N4OS/c1-3-8-23-10-12-24(13-11-23)21(26)17-5-4-9-25(15-17)20-18-14-16(2)27-19(18)6-7-22-20/h6-7,14,17H,3-5,8-13,15H2,1-2H3. The van der Waals surface area contributed by atoms with Crippen LogP contribution in [0.1, 0.15) is 31.1 Å². The predicted octanol–water partition coefficient (Wildman–Crippen LogP) is 3.38. The molecule has 2 aliphatic heterocycles. The number of rotatable bonds is 4. The van der Waals surface area contributed by atoms with Crippen molar-refractivity contribution in [1.82, 2.24) is 14.8 Å². The highest BCUT2D eigenvalue weighted by Crippen LogP contribution is 2.33. The lowest BCUT2D eigenvalue weighted by Crippen LogP contribution is -2.52. The van der Waals surface area contributed by atoms with Crippen LogP contribution in [0.5, 0.6) is 0 Å². The van der Waals surface area contributed by atoms with Crippen molar-refractivity contribution in [2.24, 2.45) is 5.92 Å². The summed E-state index contributed by atoms with van der Waals surface area (Å²) >= 11 is 1.82. The number of fused-ring (bicyclic) bond motifs is 1. The first kappa shape index (κ1) is 18.7. The fourth-order valence-corrected chi connectivity index (χ4v) is 5.38. The number of hydrogen-bond acceptors (Lipinski definition) is 5. The van der Waals surface area contributed by atoms with Crippen LogP contribution in [-0.2, 0) is 4.79 Å². The van der Waals surface area contributed by atoms with Crippen LogP contribution < -0.4 is 4.90 Å². The zero-order valence-corrected chi connectivity index (χ0v) is 17.3. The van der Waals surface area contributed by atoms with Gasteiger partial charge >= 0.3 is 0 Å². The summed E-state index contributed by atoms with van der Waals surface area (Å²) in [5, 5.41) is 1.24. The molecule has 2 aromatic heterocycles. The van der Waals surface area contributed by atoms with E-state index in [9.17, 15) is 4.79 Å². The van der Waals surface area contributed by atoms with Crippen molar-refractivity contribution >= 4 is 33.1 Å². The van der Waals surface area contributed by atoms with Gasteiger partial charge in [0, 0.05) is 60.4 Å². The van der Waals surface area contributed by atoms with Gasteiger partial charge in [-0.25, -0.2) is 4.98 Å². The van der Waals surface area contributed by atoms with Crippen molar-refractivity contribution in [3.05, 3.63) is 23.2 Å². The molecular formula is C21H30N4OS. The number of carbonyl (C=O) groups excluding carboxylic acids is 1. The van der Waals surface area contributed by atoms with Gasteiger partial charge in [-0.1, -0.05) is 6.92 Å². The molecule has 0 N–H and O–H groups in total. The summed E-state index contributed by atoms with van der Waals surface area (Å²) in [6.07, 6.45) is 5.16. The molecule has 2 saturated heterocycles. The van der Waals surface area contributed by atoms with E-state index in [0.717, 1.165) is 64.5 Å². The van der Waals surface area contributed by atoms with Gasteiger partial charge in [0.2, 0.25) is 5.91 Å². The maximum atomic E-state index is 13.1. The summed E-state index contributed by atoms with van der Waals surface area (Å²) in [5.74, 6) is 1.51. The van der Waals surface area contributed by atoms with Gasteiger partial charge in [-0.15, -0.1) is 11.3 Å². The molecule has 0 aliphatic carbocycles. The van der Waals surface area contributed by atoms with Gasteiger partial charge in [0.25, 0.3) is 0 Å². The van der Waals surface area contributed by atoms with Crippen LogP contribution in [0.25, 0.3) is 10.1 Å². The van der Waals surface area contributed by atoms with E-state index < -0.39 is 0 Å². The summed E-state index contributed by atoms with van der Waals surface area (Å²) in [7, 11) is 0. The van der Waals surface area contributed by atoms with E-state index in [-0.39, 0.29) is 5.92 Å². The summed E-state index contributed by atoms with van der Waals surface area (Å²) in [6, 6.07) is 4.33. The Morgan fingerprint density at radius 3 is 2.85 bits per heavy atom. The second-order valence-electron chi connectivity index (χ2n) is 7.86. The second kappa shape index (κ2) is 8.15. The van der Waals surface area contributed by atoms with Crippen molar-refractivity contribution in [2.75, 3.05) is 50.7 Å². The van der Waals surface area contributed by atoms with Crippen LogP contribution in [0.3, 0.4) is 0 Å². The maximum Gasteiger partial charge on any atom is 0.227 e. The molecule has 0 saturated carbocycles. The van der Waals surface area contributed by atoms with E-state index in [2.05, 4.69) is 45.7 Å². The number of carbonyl (C=O) groups is 1. The lowest BCUT2D eigenvalue weighted by atomic mass is 9.96. The SMILES string of the molecule is CCCN1CCN(C(=O)C2CCCN(c3nccc4sc(C)cc34)C2)CC1. The number of nitrogens with zero attached hydrogens (tertiary/aromatic N) is 4. The molecule has 1 unspecified atom stereocenters. The lowest BCUT2D eigenvalue weighted by Gasteiger charge is -2.39. The summed E-state index contributed by atoms with van der Waals surface area (Å²) in [4.78, 5) is 26.0. The number of amides is 1. The molecule has 27 heavy (non-hydrogen) atoms. The Bertz CT molecular complexity index is 797. The van der Waals surface area contributed by atoms with Crippen LogP contribution in [0.15, 0.2) is 18.3 Å². The second-order valence-corrected chi connectivity index (χ2v) is 9.14. The quantitative estimate of drug-likeness (QED) is 0.808. The van der Waals surface area contributed by atoms with Gasteiger partial charge in [-0.05, 0) is 44.9 Å². The van der Waals surface area contributed by atoms with Gasteiger partial charge in [-0.3, -0.25) is 9.69 Å². The zero-order chi connectivity index (χ0) is 18.8. The molecule has 2 aliphatic rings. The third-order valence-electron chi connectivity index (χ3n) is 5.84. The lowest BCUT2D eigenvalue weighted by molar-refractivity contribution is -0.137. The van der Waals surface area contributed by atoms with Gasteiger partial charge in [0.05, 0.1) is 5.92 Å². The van der Waals surface area contributed by atoms with Gasteiger partial charge in [0.15, 0.2) is 0 Å². The molecule has 1 atom stereocenters. The fraction of sp³-hybridized carbons (Fsp3) is 0.619. The van der Waals surface area contributed by atoms with E-state index in [1.54, 1.807) is 0 Å². The van der Waals surface area contributed by atoms with Crippen molar-refractivity contribution in [2.45, 2.75) is 33.1 Å². The zero-order valence-electron chi connectivity index (χ0n) is 16.5. The normalized spacial score (nSPS) is 21.8. The maximum absolute atomic E-state index is 13.1. The van der Waals surface area contributed by atoms with Gasteiger partial charge in [0.1, 0.15) is 5.82 Å². The highest BCUT2D eigenvalue weighted by Gasteiger charge is 2.31. The highest BCUT2D eigenvalue weighted by atomic mass is 32.1. The average Bonchev–Trinajstić information content (AvgIpc) is 3.08. The Labute approximate surface area is 166 Å². The smallest absolute Gasteiger partial charge is 0.227 e. The molecule has 0 spiro atoms. The Morgan fingerprint density at radius 2 is 2.07 bits per heavy atom. The van der Waals surface area contributed by atoms with Crippen LogP contribution in [-0.4, -0.2) is 66.5 Å². The molecule has 0 aromatic carbocycles. The van der Waals surface area contributed by atoms with Crippen LogP contribution in [0.4, 0.5) is 5.82 Å².